The minimum atomic E-state index is -4.97. The molecule has 3 aromatic heterocycles. The van der Waals surface area contributed by atoms with Crippen LogP contribution < -0.4 is 22.2 Å². The summed E-state index contributed by atoms with van der Waals surface area (Å²) in [4.78, 5) is 48.3. The number of H-pyrrole nitrogens is 1. The standard InChI is InChI=1S/C19H23FN8O12P2/c20-12-14-10(38-18(12)28-7-24-13-15(21)22-6-23-16(13)28)5-36-42(33,34)39-9-3-8(4-35-41(32,26-31)40-14)37-17(9)27-2-1-11(29)25-19(27)30/h1-2,6-10,12,14,17-18,31H,3-5H2,(H,26,32)(H,33,34)(H2,21,22,23)(H,25,29,30)/t8-,9+,10+,12+,14+,17+,18+,41?/m0/s1. The quantitative estimate of drug-likeness (QED) is 0.179. The molecule has 2 unspecified atom stereocenters. The summed E-state index contributed by atoms with van der Waals surface area (Å²) in [5.74, 6) is 0.00863. The number of anilines is 1. The first-order valence-corrected chi connectivity index (χ1v) is 15.2. The third-order valence-corrected chi connectivity index (χ3v) is 8.95. The SMILES string of the molecule is Nc1ncnc2c1ncn2[C@@H]1O[C@@H]2COP(=O)(O)O[C@@H]3C[C@@H](COP(=O)(NO)O[C@H]2[C@H]1F)O[C@H]3n1ccc(=O)[nH]c1=O. The van der Waals surface area contributed by atoms with Crippen LogP contribution in [-0.2, 0) is 36.7 Å². The molecular weight excluding hydrogens is 613 g/mol. The van der Waals surface area contributed by atoms with E-state index in [2.05, 4.69) is 15.0 Å². The maximum atomic E-state index is 15.9. The van der Waals surface area contributed by atoms with Gasteiger partial charge in [-0.25, -0.2) is 33.3 Å². The van der Waals surface area contributed by atoms with Crippen LogP contribution in [0.15, 0.2) is 34.5 Å². The summed E-state index contributed by atoms with van der Waals surface area (Å²) >= 11 is 0. The molecule has 2 bridgehead atoms. The molecule has 0 spiro atoms. The number of phosphoric ester groups is 1. The number of ether oxygens (including phenoxy) is 2. The lowest BCUT2D eigenvalue weighted by molar-refractivity contribution is -0.0679. The number of nitrogens with zero attached hydrogens (tertiary/aromatic N) is 5. The van der Waals surface area contributed by atoms with Crippen molar-refractivity contribution in [3.63, 3.8) is 0 Å². The molecule has 6 rings (SSSR count). The van der Waals surface area contributed by atoms with Crippen LogP contribution in [0, 0.1) is 0 Å². The number of phosphoric acid groups is 1. The molecule has 6 heterocycles. The van der Waals surface area contributed by atoms with Gasteiger partial charge in [0.1, 0.15) is 30.2 Å². The minimum Gasteiger partial charge on any atom is -0.382 e. The van der Waals surface area contributed by atoms with Crippen LogP contribution in [0.5, 0.6) is 0 Å². The average molecular weight is 636 g/mol. The second kappa shape index (κ2) is 11.0. The van der Waals surface area contributed by atoms with Crippen molar-refractivity contribution < 1.29 is 51.2 Å². The van der Waals surface area contributed by atoms with Gasteiger partial charge < -0.3 is 25.3 Å². The number of rotatable bonds is 3. The largest absolute Gasteiger partial charge is 0.472 e. The second-order valence-corrected chi connectivity index (χ2v) is 12.4. The Morgan fingerprint density at radius 3 is 2.64 bits per heavy atom. The van der Waals surface area contributed by atoms with E-state index >= 15 is 4.39 Å². The number of hydrogen-bond donors (Lipinski definition) is 5. The molecule has 9 atom stereocenters. The highest BCUT2D eigenvalue weighted by Crippen LogP contribution is 2.53. The number of aromatic nitrogens is 6. The lowest BCUT2D eigenvalue weighted by atomic mass is 10.1. The molecule has 0 aliphatic carbocycles. The molecule has 228 valence electrons. The Hall–Kier alpha value is -2.94. The van der Waals surface area contributed by atoms with E-state index in [9.17, 15) is 28.8 Å². The number of imidazole rings is 1. The number of nitrogens with two attached hydrogens (primary N) is 1. The van der Waals surface area contributed by atoms with E-state index in [0.717, 1.165) is 27.7 Å². The third kappa shape index (κ3) is 5.45. The van der Waals surface area contributed by atoms with Crippen LogP contribution in [0.1, 0.15) is 18.9 Å². The summed E-state index contributed by atoms with van der Waals surface area (Å²) in [6, 6.07) is 1.02. The molecule has 0 radical (unpaired) electrons. The number of halogens is 1. The Balaban J connectivity index is 1.31. The van der Waals surface area contributed by atoms with Gasteiger partial charge in [-0.3, -0.25) is 37.0 Å². The maximum Gasteiger partial charge on any atom is 0.472 e. The molecule has 0 amide bonds. The fraction of sp³-hybridized carbons (Fsp3) is 0.526. The van der Waals surface area contributed by atoms with Gasteiger partial charge in [-0.15, -0.1) is 5.25 Å². The van der Waals surface area contributed by atoms with Gasteiger partial charge in [-0.1, -0.05) is 0 Å². The zero-order valence-electron chi connectivity index (χ0n) is 21.0. The van der Waals surface area contributed by atoms with Crippen LogP contribution in [0.2, 0.25) is 0 Å². The summed E-state index contributed by atoms with van der Waals surface area (Å²) in [7, 11) is -9.68. The Labute approximate surface area is 232 Å². The molecule has 0 saturated carbocycles. The summed E-state index contributed by atoms with van der Waals surface area (Å²) in [6.07, 6.45) is -7.61. The summed E-state index contributed by atoms with van der Waals surface area (Å²) in [5, 5.41) is 11.1. The van der Waals surface area contributed by atoms with Gasteiger partial charge >= 0.3 is 21.3 Å². The van der Waals surface area contributed by atoms with Gasteiger partial charge in [0.05, 0.1) is 25.6 Å². The van der Waals surface area contributed by atoms with Crippen LogP contribution in [0.3, 0.4) is 0 Å². The van der Waals surface area contributed by atoms with Gasteiger partial charge in [0.2, 0.25) is 0 Å². The van der Waals surface area contributed by atoms with Crippen LogP contribution in [0.25, 0.3) is 11.2 Å². The molecule has 3 aliphatic heterocycles. The smallest absolute Gasteiger partial charge is 0.382 e. The van der Waals surface area contributed by atoms with Gasteiger partial charge in [-0.2, -0.15) is 0 Å². The molecule has 3 saturated heterocycles. The Morgan fingerprint density at radius 2 is 1.88 bits per heavy atom. The summed E-state index contributed by atoms with van der Waals surface area (Å²) in [6.45, 7) is -1.43. The third-order valence-electron chi connectivity index (χ3n) is 6.68. The molecule has 0 aromatic carbocycles. The van der Waals surface area contributed by atoms with E-state index in [1.807, 2.05) is 4.98 Å². The van der Waals surface area contributed by atoms with Gasteiger partial charge in [0.15, 0.2) is 30.1 Å². The van der Waals surface area contributed by atoms with Crippen LogP contribution >= 0.6 is 15.6 Å². The minimum absolute atomic E-state index is 0.00863. The Morgan fingerprint density at radius 1 is 1.07 bits per heavy atom. The van der Waals surface area contributed by atoms with Crippen molar-refractivity contribution in [2.24, 2.45) is 0 Å². The number of nitrogen functional groups attached to an aromatic ring is 1. The topological polar surface area (TPSA) is 266 Å². The molecule has 3 fully saturated rings. The molecule has 3 aromatic rings. The molecular formula is C19H23FN8O12P2. The normalized spacial score (nSPS) is 37.5. The number of aromatic amines is 1. The maximum absolute atomic E-state index is 15.9. The second-order valence-electron chi connectivity index (χ2n) is 9.37. The number of hydrogen-bond acceptors (Lipinski definition) is 15. The fourth-order valence-corrected chi connectivity index (χ4v) is 6.85. The number of fused-ring (bicyclic) bond motifs is 4. The fourth-order valence-electron chi connectivity index (χ4n) is 4.82. The van der Waals surface area contributed by atoms with Crippen molar-refractivity contribution in [3.05, 3.63) is 45.8 Å². The van der Waals surface area contributed by atoms with E-state index in [1.54, 1.807) is 0 Å². The van der Waals surface area contributed by atoms with Gasteiger partial charge in [0.25, 0.3) is 5.56 Å². The highest BCUT2D eigenvalue weighted by molar-refractivity contribution is 7.51. The first-order chi connectivity index (χ1) is 20.0. The lowest BCUT2D eigenvalue weighted by Gasteiger charge is -2.26. The summed E-state index contributed by atoms with van der Waals surface area (Å²) in [5.41, 5.74) is 4.40. The van der Waals surface area contributed by atoms with Gasteiger partial charge in [-0.05, 0) is 0 Å². The number of nitrogens with one attached hydrogen (secondary N) is 2. The number of alkyl halides is 1. The van der Waals surface area contributed by atoms with Crippen molar-refractivity contribution in [3.8, 4) is 0 Å². The molecule has 20 nitrogen and oxygen atoms in total. The van der Waals surface area contributed by atoms with Crippen molar-refractivity contribution in [2.75, 3.05) is 18.9 Å². The first-order valence-electron chi connectivity index (χ1n) is 12.2. The summed E-state index contributed by atoms with van der Waals surface area (Å²) < 4.78 is 76.7. The van der Waals surface area contributed by atoms with E-state index in [-0.39, 0.29) is 23.4 Å². The monoisotopic (exact) mass is 636 g/mol. The van der Waals surface area contributed by atoms with Gasteiger partial charge in [0, 0.05) is 18.7 Å². The highest BCUT2D eigenvalue weighted by Gasteiger charge is 2.53. The molecule has 3 aliphatic rings. The van der Waals surface area contributed by atoms with E-state index in [4.69, 9.17) is 33.3 Å². The predicted octanol–water partition coefficient (Wildman–Crippen LogP) is -0.514. The van der Waals surface area contributed by atoms with E-state index < -0.39 is 83.1 Å². The molecule has 6 N–H and O–H groups in total. The van der Waals surface area contributed by atoms with E-state index in [0.29, 0.717) is 0 Å². The van der Waals surface area contributed by atoms with Crippen molar-refractivity contribution in [1.82, 2.24) is 34.3 Å². The lowest BCUT2D eigenvalue weighted by Crippen LogP contribution is -2.36. The Bertz CT molecular complexity index is 1700. The zero-order valence-corrected chi connectivity index (χ0v) is 22.8. The highest BCUT2D eigenvalue weighted by atomic mass is 31.2. The molecule has 42 heavy (non-hydrogen) atoms. The Kier molecular flexibility index (Phi) is 7.61. The van der Waals surface area contributed by atoms with Crippen LogP contribution in [-0.4, -0.2) is 83.0 Å². The molecule has 23 heteroatoms. The van der Waals surface area contributed by atoms with E-state index in [1.165, 1.54) is 11.6 Å². The predicted molar refractivity (Wildman–Crippen MR) is 132 cm³/mol. The van der Waals surface area contributed by atoms with Crippen LogP contribution in [0.4, 0.5) is 10.2 Å². The van der Waals surface area contributed by atoms with Crippen molar-refractivity contribution in [2.45, 2.75) is 49.5 Å². The van der Waals surface area contributed by atoms with Crippen molar-refractivity contribution >= 4 is 32.6 Å². The first kappa shape index (κ1) is 29.1. The van der Waals surface area contributed by atoms with Crippen molar-refractivity contribution in [1.29, 1.82) is 0 Å². The average Bonchev–Trinajstić information content (AvgIpc) is 3.63. The zero-order chi connectivity index (χ0) is 29.8.